The minimum Gasteiger partial charge on any atom is -0.506 e. The molecule has 1 heterocycles. The van der Waals surface area contributed by atoms with Crippen LogP contribution in [0.1, 0.15) is 25.5 Å². The van der Waals surface area contributed by atoms with Crippen LogP contribution in [0.4, 0.5) is 0 Å². The number of phenols is 2. The summed E-state index contributed by atoms with van der Waals surface area (Å²) in [6.07, 6.45) is 0. The van der Waals surface area contributed by atoms with Crippen molar-refractivity contribution in [1.29, 1.82) is 0 Å². The first kappa shape index (κ1) is 16.3. The van der Waals surface area contributed by atoms with Crippen molar-refractivity contribution in [3.63, 3.8) is 0 Å². The van der Waals surface area contributed by atoms with Gasteiger partial charge in [-0.25, -0.2) is 0 Å². The van der Waals surface area contributed by atoms with Gasteiger partial charge < -0.3 is 20.8 Å². The van der Waals surface area contributed by atoms with Crippen LogP contribution in [-0.2, 0) is 4.79 Å². The number of carbonyl (C=O) groups is 1. The summed E-state index contributed by atoms with van der Waals surface area (Å²) in [4.78, 5) is 11.9. The normalized spacial score (nSPS) is 18.3. The summed E-state index contributed by atoms with van der Waals surface area (Å²) in [5, 5.41) is 26.3. The van der Waals surface area contributed by atoms with E-state index in [0.29, 0.717) is 26.4 Å². The molecule has 2 rings (SSSR count). The van der Waals surface area contributed by atoms with Crippen LogP contribution in [0.2, 0.25) is 0 Å². The Kier molecular flexibility index (Phi) is 4.60. The van der Waals surface area contributed by atoms with E-state index in [4.69, 9.17) is 12.2 Å². The third-order valence-electron chi connectivity index (χ3n) is 3.16. The molecule has 0 aromatic heterocycles. The molecular weight excluding hydrogens is 424 g/mol. The zero-order valence-corrected chi connectivity index (χ0v) is 15.1. The van der Waals surface area contributed by atoms with Gasteiger partial charge in [-0.1, -0.05) is 0 Å². The summed E-state index contributed by atoms with van der Waals surface area (Å²) in [5.74, 6) is -0.401. The fraction of sp³-hybridized carbons (Fsp3) is 0.231. The maximum Gasteiger partial charge on any atom is 0.171 e. The van der Waals surface area contributed by atoms with Crippen LogP contribution in [0, 0.1) is 0 Å². The predicted octanol–water partition coefficient (Wildman–Crippen LogP) is 3.00. The van der Waals surface area contributed by atoms with Crippen molar-refractivity contribution in [3.8, 4) is 11.5 Å². The Bertz CT molecular complexity index is 688. The largest absolute Gasteiger partial charge is 0.506 e. The second kappa shape index (κ2) is 5.94. The van der Waals surface area contributed by atoms with Crippen LogP contribution in [0.3, 0.4) is 0 Å². The van der Waals surface area contributed by atoms with E-state index in [0.717, 1.165) is 0 Å². The summed E-state index contributed by atoms with van der Waals surface area (Å²) in [6, 6.07) is 0.960. The second-order valence-electron chi connectivity index (χ2n) is 4.59. The van der Waals surface area contributed by atoms with Crippen LogP contribution >= 0.6 is 44.1 Å². The van der Waals surface area contributed by atoms with Crippen LogP contribution in [0.25, 0.3) is 0 Å². The number of ketones is 1. The Morgan fingerprint density at radius 3 is 2.52 bits per heavy atom. The van der Waals surface area contributed by atoms with Gasteiger partial charge in [-0.2, -0.15) is 0 Å². The molecule has 112 valence electrons. The first-order chi connectivity index (χ1) is 9.73. The SMILES string of the molecule is CC(=O)C1=C(C)NC(=S)NC1c1cc(Br)c(O)c(Br)c1O. The Labute approximate surface area is 143 Å². The van der Waals surface area contributed by atoms with Gasteiger partial charge in [0.2, 0.25) is 0 Å². The maximum absolute atomic E-state index is 11.9. The lowest BCUT2D eigenvalue weighted by molar-refractivity contribution is -0.114. The van der Waals surface area contributed by atoms with E-state index in [1.807, 2.05) is 0 Å². The lowest BCUT2D eigenvalue weighted by Crippen LogP contribution is -2.44. The smallest absolute Gasteiger partial charge is 0.171 e. The quantitative estimate of drug-likeness (QED) is 0.534. The lowest BCUT2D eigenvalue weighted by Gasteiger charge is -2.30. The van der Waals surface area contributed by atoms with E-state index in [9.17, 15) is 15.0 Å². The number of aromatic hydroxyl groups is 2. The number of carbonyl (C=O) groups excluding carboxylic acids is 1. The Hall–Kier alpha value is -1.12. The molecule has 4 N–H and O–H groups in total. The topological polar surface area (TPSA) is 81.6 Å². The standard InChI is InChI=1S/C13H12Br2N2O3S/c1-4-8(5(2)18)10(17-13(21)16-4)6-3-7(14)12(20)9(15)11(6)19/h3,10,19-20H,1-2H3,(H2,16,17,21). The van der Waals surface area contributed by atoms with Gasteiger partial charge in [0, 0.05) is 16.8 Å². The van der Waals surface area contributed by atoms with Crippen molar-refractivity contribution >= 4 is 55.0 Å². The molecule has 1 aliphatic heterocycles. The van der Waals surface area contributed by atoms with E-state index in [-0.39, 0.29) is 21.8 Å². The van der Waals surface area contributed by atoms with Crippen molar-refractivity contribution in [3.05, 3.63) is 31.8 Å². The van der Waals surface area contributed by atoms with E-state index in [1.54, 1.807) is 13.0 Å². The van der Waals surface area contributed by atoms with Crippen LogP contribution in [-0.4, -0.2) is 21.1 Å². The van der Waals surface area contributed by atoms with Crippen LogP contribution in [0.15, 0.2) is 26.3 Å². The Morgan fingerprint density at radius 1 is 1.33 bits per heavy atom. The maximum atomic E-state index is 11.9. The molecule has 1 unspecified atom stereocenters. The number of hydrogen-bond donors (Lipinski definition) is 4. The average molecular weight is 436 g/mol. The van der Waals surface area contributed by atoms with Crippen LogP contribution < -0.4 is 10.6 Å². The lowest BCUT2D eigenvalue weighted by atomic mass is 9.92. The molecule has 0 aliphatic carbocycles. The average Bonchev–Trinajstić information content (AvgIpc) is 2.39. The number of thiocarbonyl (C=S) groups is 1. The molecule has 5 nitrogen and oxygen atoms in total. The molecule has 1 aromatic rings. The molecule has 0 amide bonds. The molecule has 8 heteroatoms. The highest BCUT2D eigenvalue weighted by Gasteiger charge is 2.31. The van der Waals surface area contributed by atoms with Gasteiger partial charge in [0.15, 0.2) is 10.9 Å². The van der Waals surface area contributed by atoms with Gasteiger partial charge in [0.1, 0.15) is 16.0 Å². The third kappa shape index (κ3) is 2.93. The summed E-state index contributed by atoms with van der Waals surface area (Å²) in [6.45, 7) is 3.20. The zero-order valence-electron chi connectivity index (χ0n) is 11.1. The molecule has 1 aromatic carbocycles. The number of phenolic OH excluding ortho intramolecular Hbond substituents is 2. The summed E-state index contributed by atoms with van der Waals surface area (Å²) >= 11 is 11.5. The highest BCUT2D eigenvalue weighted by molar-refractivity contribution is 9.11. The Balaban J connectivity index is 2.67. The number of rotatable bonds is 2. The van der Waals surface area contributed by atoms with Crippen LogP contribution in [0.5, 0.6) is 11.5 Å². The highest BCUT2D eigenvalue weighted by Crippen LogP contribution is 2.45. The monoisotopic (exact) mass is 434 g/mol. The third-order valence-corrected chi connectivity index (χ3v) is 4.73. The number of allylic oxidation sites excluding steroid dienone is 1. The molecule has 0 saturated carbocycles. The molecule has 0 fully saturated rings. The number of hydrogen-bond acceptors (Lipinski definition) is 4. The minimum atomic E-state index is -0.593. The van der Waals surface area contributed by atoms with Crippen molar-refractivity contribution in [2.45, 2.75) is 19.9 Å². The molecule has 0 bridgehead atoms. The number of benzene rings is 1. The first-order valence-corrected chi connectivity index (χ1v) is 7.92. The molecule has 0 radical (unpaired) electrons. The summed E-state index contributed by atoms with van der Waals surface area (Å²) < 4.78 is 0.549. The van der Waals surface area contributed by atoms with Gasteiger partial charge in [0.05, 0.1) is 10.5 Å². The molecule has 1 atom stereocenters. The minimum absolute atomic E-state index is 0.113. The zero-order chi connectivity index (χ0) is 15.9. The predicted molar refractivity (Wildman–Crippen MR) is 90.2 cm³/mol. The molecule has 0 saturated heterocycles. The molecule has 21 heavy (non-hydrogen) atoms. The van der Waals surface area contributed by atoms with E-state index in [1.165, 1.54) is 6.92 Å². The molecule has 1 aliphatic rings. The number of nitrogens with one attached hydrogen (secondary N) is 2. The molecule has 0 spiro atoms. The van der Waals surface area contributed by atoms with Gasteiger partial charge >= 0.3 is 0 Å². The first-order valence-electron chi connectivity index (χ1n) is 5.93. The van der Waals surface area contributed by atoms with Gasteiger partial charge in [0.25, 0.3) is 0 Å². The summed E-state index contributed by atoms with van der Waals surface area (Å²) in [7, 11) is 0. The van der Waals surface area contributed by atoms with Crippen molar-refractivity contribution in [2.75, 3.05) is 0 Å². The second-order valence-corrected chi connectivity index (χ2v) is 6.64. The fourth-order valence-corrected chi connectivity index (χ4v) is 3.66. The van der Waals surface area contributed by atoms with Gasteiger partial charge in [-0.3, -0.25) is 4.79 Å². The van der Waals surface area contributed by atoms with Gasteiger partial charge in [-0.15, -0.1) is 0 Å². The fourth-order valence-electron chi connectivity index (χ4n) is 2.23. The van der Waals surface area contributed by atoms with E-state index >= 15 is 0 Å². The van der Waals surface area contributed by atoms with Gasteiger partial charge in [-0.05, 0) is 64.0 Å². The van der Waals surface area contributed by atoms with Crippen molar-refractivity contribution in [1.82, 2.24) is 10.6 Å². The highest BCUT2D eigenvalue weighted by atomic mass is 79.9. The van der Waals surface area contributed by atoms with Crippen molar-refractivity contribution in [2.24, 2.45) is 0 Å². The summed E-state index contributed by atoms with van der Waals surface area (Å²) in [5.41, 5.74) is 1.54. The van der Waals surface area contributed by atoms with Crippen molar-refractivity contribution < 1.29 is 15.0 Å². The molecular formula is C13H12Br2N2O3S. The van der Waals surface area contributed by atoms with E-state index in [2.05, 4.69) is 42.5 Å². The Morgan fingerprint density at radius 2 is 1.95 bits per heavy atom. The number of Topliss-reactive ketones (excluding diaryl/α,β-unsaturated/α-hetero) is 1. The van der Waals surface area contributed by atoms with E-state index < -0.39 is 6.04 Å². The number of halogens is 2.